The molecule has 1 aromatic rings. The maximum absolute atomic E-state index is 5.61. The molecule has 4 nitrogen and oxygen atoms in total. The number of hydrogen-bond acceptors (Lipinski definition) is 3. The van der Waals surface area contributed by atoms with Crippen molar-refractivity contribution in [2.75, 3.05) is 13.2 Å². The molecule has 110 valence electrons. The third kappa shape index (κ3) is 4.32. The van der Waals surface area contributed by atoms with Crippen molar-refractivity contribution in [3.8, 4) is 0 Å². The van der Waals surface area contributed by atoms with Gasteiger partial charge in [0, 0.05) is 17.3 Å². The summed E-state index contributed by atoms with van der Waals surface area (Å²) in [5, 5.41) is 8.19. The van der Waals surface area contributed by atoms with Crippen LogP contribution in [0.5, 0.6) is 0 Å². The first kappa shape index (κ1) is 16.2. The van der Waals surface area contributed by atoms with E-state index < -0.39 is 0 Å². The van der Waals surface area contributed by atoms with E-state index >= 15 is 0 Å². The van der Waals surface area contributed by atoms with Gasteiger partial charge in [-0.15, -0.1) is 0 Å². The minimum Gasteiger partial charge on any atom is -0.377 e. The fraction of sp³-hybridized carbons (Fsp3) is 0.800. The Morgan fingerprint density at radius 1 is 1.26 bits per heavy atom. The number of nitrogens with zero attached hydrogens (tertiary/aromatic N) is 2. The molecule has 1 heterocycles. The first-order valence-electron chi connectivity index (χ1n) is 7.40. The highest BCUT2D eigenvalue weighted by molar-refractivity contribution is 5.28. The van der Waals surface area contributed by atoms with Crippen LogP contribution >= 0.6 is 0 Å². The monoisotopic (exact) mass is 267 g/mol. The molecule has 0 saturated carbocycles. The summed E-state index contributed by atoms with van der Waals surface area (Å²) in [5.41, 5.74) is 3.75. The maximum atomic E-state index is 5.61. The Bertz CT molecular complexity index is 385. The summed E-state index contributed by atoms with van der Waals surface area (Å²) in [4.78, 5) is 0. The van der Waals surface area contributed by atoms with Crippen molar-refractivity contribution in [2.45, 2.75) is 66.7 Å². The van der Waals surface area contributed by atoms with Gasteiger partial charge >= 0.3 is 0 Å². The van der Waals surface area contributed by atoms with Gasteiger partial charge < -0.3 is 10.1 Å². The number of aromatic nitrogens is 2. The minimum absolute atomic E-state index is 0.279. The van der Waals surface area contributed by atoms with Crippen LogP contribution < -0.4 is 5.32 Å². The van der Waals surface area contributed by atoms with E-state index in [0.29, 0.717) is 6.04 Å². The predicted molar refractivity (Wildman–Crippen MR) is 79.5 cm³/mol. The van der Waals surface area contributed by atoms with E-state index in [1.54, 1.807) is 0 Å². The van der Waals surface area contributed by atoms with E-state index in [0.717, 1.165) is 31.8 Å². The van der Waals surface area contributed by atoms with E-state index in [-0.39, 0.29) is 6.10 Å². The lowest BCUT2D eigenvalue weighted by Crippen LogP contribution is -2.21. The molecular weight excluding hydrogens is 238 g/mol. The molecule has 4 heteroatoms. The normalized spacial score (nSPS) is 13.2. The summed E-state index contributed by atoms with van der Waals surface area (Å²) in [6.07, 6.45) is 1.37. The molecule has 1 unspecified atom stereocenters. The van der Waals surface area contributed by atoms with Gasteiger partial charge in [0.25, 0.3) is 0 Å². The summed E-state index contributed by atoms with van der Waals surface area (Å²) in [6.45, 7) is 15.3. The van der Waals surface area contributed by atoms with Gasteiger partial charge in [-0.05, 0) is 40.7 Å². The summed E-state index contributed by atoms with van der Waals surface area (Å²) >= 11 is 0. The fourth-order valence-electron chi connectivity index (χ4n) is 2.50. The van der Waals surface area contributed by atoms with Crippen molar-refractivity contribution in [1.82, 2.24) is 15.1 Å². The molecule has 1 atom stereocenters. The molecule has 1 rings (SSSR count). The lowest BCUT2D eigenvalue weighted by Gasteiger charge is -2.17. The number of nitrogens with one attached hydrogen (secondary N) is 1. The van der Waals surface area contributed by atoms with Gasteiger partial charge in [-0.1, -0.05) is 13.8 Å². The van der Waals surface area contributed by atoms with E-state index in [1.807, 2.05) is 0 Å². The first-order valence-corrected chi connectivity index (χ1v) is 7.40. The minimum atomic E-state index is 0.279. The molecular formula is C15H29N3O. The van der Waals surface area contributed by atoms with Crippen molar-refractivity contribution in [1.29, 1.82) is 0 Å². The van der Waals surface area contributed by atoms with Gasteiger partial charge in [0.05, 0.1) is 24.9 Å². The number of ether oxygens (including phenoxy) is 1. The van der Waals surface area contributed by atoms with Crippen LogP contribution in [0.3, 0.4) is 0 Å². The second kappa shape index (κ2) is 7.65. The molecule has 0 aliphatic carbocycles. The molecule has 0 amide bonds. The topological polar surface area (TPSA) is 39.1 Å². The van der Waals surface area contributed by atoms with Crippen LogP contribution in [0.15, 0.2) is 0 Å². The third-order valence-electron chi connectivity index (χ3n) is 3.40. The number of aryl methyl sites for hydroxylation is 1. The smallest absolute Gasteiger partial charge is 0.0666 e. The Morgan fingerprint density at radius 2 is 1.95 bits per heavy atom. The van der Waals surface area contributed by atoms with Crippen molar-refractivity contribution >= 4 is 0 Å². The Kier molecular flexibility index (Phi) is 6.52. The Balaban J connectivity index is 2.81. The lowest BCUT2D eigenvalue weighted by molar-refractivity contribution is 0.0706. The molecule has 0 radical (unpaired) electrons. The molecule has 0 bridgehead atoms. The largest absolute Gasteiger partial charge is 0.377 e. The predicted octanol–water partition coefficient (Wildman–Crippen LogP) is 2.99. The van der Waals surface area contributed by atoms with Gasteiger partial charge in [-0.2, -0.15) is 5.10 Å². The highest BCUT2D eigenvalue weighted by Gasteiger charge is 2.18. The zero-order valence-corrected chi connectivity index (χ0v) is 13.3. The van der Waals surface area contributed by atoms with Crippen LogP contribution in [-0.4, -0.2) is 29.0 Å². The number of rotatable bonds is 8. The second-order valence-electron chi connectivity index (χ2n) is 5.25. The summed E-state index contributed by atoms with van der Waals surface area (Å²) in [7, 11) is 0. The Hall–Kier alpha value is -0.870. The molecule has 0 saturated heterocycles. The molecule has 1 aromatic heterocycles. The zero-order valence-electron chi connectivity index (χ0n) is 13.3. The maximum Gasteiger partial charge on any atom is 0.0666 e. The molecule has 0 aromatic carbocycles. The zero-order chi connectivity index (χ0) is 14.4. The Morgan fingerprint density at radius 3 is 2.47 bits per heavy atom. The molecule has 0 aliphatic heterocycles. The highest BCUT2D eigenvalue weighted by atomic mass is 16.5. The summed E-state index contributed by atoms with van der Waals surface area (Å²) in [6, 6.07) is 0.407. The fourth-order valence-corrected chi connectivity index (χ4v) is 2.50. The van der Waals surface area contributed by atoms with Crippen molar-refractivity contribution in [3.63, 3.8) is 0 Å². The summed E-state index contributed by atoms with van der Waals surface area (Å²) < 4.78 is 7.68. The van der Waals surface area contributed by atoms with Crippen LogP contribution in [0, 0.1) is 13.8 Å². The van der Waals surface area contributed by atoms with Crippen molar-refractivity contribution in [3.05, 3.63) is 17.0 Å². The first-order chi connectivity index (χ1) is 9.01. The molecule has 1 N–H and O–H groups in total. The van der Waals surface area contributed by atoms with E-state index in [1.165, 1.54) is 11.3 Å². The van der Waals surface area contributed by atoms with Crippen LogP contribution in [0.1, 0.15) is 57.1 Å². The van der Waals surface area contributed by atoms with Gasteiger partial charge in [0.2, 0.25) is 0 Å². The van der Waals surface area contributed by atoms with E-state index in [2.05, 4.69) is 56.6 Å². The van der Waals surface area contributed by atoms with E-state index in [9.17, 15) is 0 Å². The lowest BCUT2D eigenvalue weighted by atomic mass is 10.0. The third-order valence-corrected chi connectivity index (χ3v) is 3.40. The molecule has 0 fully saturated rings. The molecule has 0 spiro atoms. The summed E-state index contributed by atoms with van der Waals surface area (Å²) in [5.74, 6) is 0. The van der Waals surface area contributed by atoms with Gasteiger partial charge in [-0.3, -0.25) is 4.68 Å². The average molecular weight is 267 g/mol. The second-order valence-corrected chi connectivity index (χ2v) is 5.25. The number of hydrogen-bond donors (Lipinski definition) is 1. The van der Waals surface area contributed by atoms with Gasteiger partial charge in [0.1, 0.15) is 0 Å². The van der Waals surface area contributed by atoms with Crippen molar-refractivity contribution in [2.24, 2.45) is 0 Å². The average Bonchev–Trinajstić information content (AvgIpc) is 2.62. The molecule has 0 aliphatic rings. The van der Waals surface area contributed by atoms with Gasteiger partial charge in [0.15, 0.2) is 0 Å². The van der Waals surface area contributed by atoms with Crippen molar-refractivity contribution < 1.29 is 4.74 Å². The van der Waals surface area contributed by atoms with E-state index in [4.69, 9.17) is 4.74 Å². The highest BCUT2D eigenvalue weighted by Crippen LogP contribution is 2.24. The standard InChI is InChI=1S/C15H29N3O/c1-7-14(16-8-2)15-12(5)17-18(13(15)6)9-10-19-11(3)4/h11,14,16H,7-10H2,1-6H3. The van der Waals surface area contributed by atoms with Crippen LogP contribution in [0.25, 0.3) is 0 Å². The van der Waals surface area contributed by atoms with Crippen LogP contribution in [0.4, 0.5) is 0 Å². The Labute approximate surface area is 117 Å². The quantitative estimate of drug-likeness (QED) is 0.787. The molecule has 19 heavy (non-hydrogen) atoms. The SMILES string of the molecule is CCNC(CC)c1c(C)nn(CCOC(C)C)c1C. The van der Waals surface area contributed by atoms with Crippen LogP contribution in [-0.2, 0) is 11.3 Å². The van der Waals surface area contributed by atoms with Crippen LogP contribution in [0.2, 0.25) is 0 Å². The van der Waals surface area contributed by atoms with Gasteiger partial charge in [-0.25, -0.2) is 0 Å².